The number of amidine groups is 1. The predicted molar refractivity (Wildman–Crippen MR) is 81.2 cm³/mol. The quantitative estimate of drug-likeness (QED) is 0.736. The second-order valence-corrected chi connectivity index (χ2v) is 5.12. The lowest BCUT2D eigenvalue weighted by molar-refractivity contribution is 0.627. The minimum Gasteiger partial charge on any atom is -0.322 e. The largest absolute Gasteiger partial charge is 0.322 e. The molecule has 2 heterocycles. The van der Waals surface area contributed by atoms with E-state index in [1.807, 2.05) is 35.2 Å². The number of halogens is 1. The molecule has 0 spiro atoms. The molecule has 102 valence electrons. The number of aromatic nitrogens is 1. The summed E-state index contributed by atoms with van der Waals surface area (Å²) in [5.74, 6) is 0.0378. The van der Waals surface area contributed by atoms with Crippen molar-refractivity contribution in [1.82, 2.24) is 4.98 Å². The van der Waals surface area contributed by atoms with E-state index in [1.54, 1.807) is 12.3 Å². The molecule has 0 amide bonds. The Morgan fingerprint density at radius 2 is 2.00 bits per heavy atom. The molecule has 0 bridgehead atoms. The van der Waals surface area contributed by atoms with E-state index in [2.05, 4.69) is 4.98 Å². The summed E-state index contributed by atoms with van der Waals surface area (Å²) in [5.41, 5.74) is 3.50. The van der Waals surface area contributed by atoms with E-state index >= 15 is 0 Å². The Morgan fingerprint density at radius 1 is 1.10 bits per heavy atom. The number of benzene rings is 2. The number of nitrogens with zero attached hydrogens (tertiary/aromatic N) is 2. The van der Waals surface area contributed by atoms with Crippen molar-refractivity contribution >= 4 is 22.4 Å². The number of nitrogens with one attached hydrogen (secondary N) is 1. The fourth-order valence-electron chi connectivity index (χ4n) is 2.75. The van der Waals surface area contributed by atoms with Crippen molar-refractivity contribution in [2.24, 2.45) is 0 Å². The highest BCUT2D eigenvalue weighted by molar-refractivity contribution is 6.12. The minimum atomic E-state index is -0.303. The summed E-state index contributed by atoms with van der Waals surface area (Å²) >= 11 is 0. The van der Waals surface area contributed by atoms with Crippen LogP contribution in [0.1, 0.15) is 11.1 Å². The van der Waals surface area contributed by atoms with Crippen molar-refractivity contribution in [3.8, 4) is 0 Å². The smallest absolute Gasteiger partial charge is 0.133 e. The molecule has 1 aliphatic heterocycles. The second-order valence-electron chi connectivity index (χ2n) is 5.12. The van der Waals surface area contributed by atoms with Gasteiger partial charge < -0.3 is 4.90 Å². The van der Waals surface area contributed by atoms with Gasteiger partial charge >= 0.3 is 0 Å². The van der Waals surface area contributed by atoms with Crippen LogP contribution in [0.15, 0.2) is 54.7 Å². The first-order chi connectivity index (χ1) is 10.2. The molecule has 1 aromatic heterocycles. The van der Waals surface area contributed by atoms with Crippen molar-refractivity contribution in [1.29, 1.82) is 5.41 Å². The van der Waals surface area contributed by atoms with Gasteiger partial charge in [0.2, 0.25) is 0 Å². The fraction of sp³-hybridized carbons (Fsp3) is 0.0588. The summed E-state index contributed by atoms with van der Waals surface area (Å²) in [6.45, 7) is 0.597. The lowest BCUT2D eigenvalue weighted by Crippen LogP contribution is -2.22. The molecule has 4 rings (SSSR count). The summed E-state index contributed by atoms with van der Waals surface area (Å²) < 4.78 is 13.3. The van der Waals surface area contributed by atoms with E-state index < -0.39 is 0 Å². The van der Waals surface area contributed by atoms with E-state index in [1.165, 1.54) is 12.1 Å². The normalized spacial score (nSPS) is 13.8. The van der Waals surface area contributed by atoms with Crippen LogP contribution in [-0.4, -0.2) is 10.8 Å². The van der Waals surface area contributed by atoms with Crippen LogP contribution in [0.4, 0.5) is 10.1 Å². The van der Waals surface area contributed by atoms with Gasteiger partial charge in [0.1, 0.15) is 11.7 Å². The van der Waals surface area contributed by atoms with Crippen LogP contribution >= 0.6 is 0 Å². The van der Waals surface area contributed by atoms with Crippen molar-refractivity contribution in [3.05, 3.63) is 71.7 Å². The van der Waals surface area contributed by atoms with Crippen LogP contribution in [0.5, 0.6) is 0 Å². The highest BCUT2D eigenvalue weighted by atomic mass is 19.1. The lowest BCUT2D eigenvalue weighted by atomic mass is 10.1. The average molecular weight is 277 g/mol. The van der Waals surface area contributed by atoms with E-state index in [4.69, 9.17) is 5.41 Å². The maximum absolute atomic E-state index is 13.3. The Bertz CT molecular complexity index is 873. The molecule has 21 heavy (non-hydrogen) atoms. The lowest BCUT2D eigenvalue weighted by Gasteiger charge is -2.18. The van der Waals surface area contributed by atoms with Crippen LogP contribution in [0.2, 0.25) is 0 Å². The molecule has 0 atom stereocenters. The van der Waals surface area contributed by atoms with Crippen molar-refractivity contribution < 1.29 is 4.39 Å². The molecule has 4 heteroatoms. The Morgan fingerprint density at radius 3 is 2.90 bits per heavy atom. The SMILES string of the molecule is N=C1c2cc(F)ccc2CN1c1ccc2ncccc2c1. The van der Waals surface area contributed by atoms with Crippen molar-refractivity contribution in [2.75, 3.05) is 4.90 Å². The van der Waals surface area contributed by atoms with E-state index in [0.717, 1.165) is 22.2 Å². The van der Waals surface area contributed by atoms with Gasteiger partial charge in [-0.25, -0.2) is 4.39 Å². The van der Waals surface area contributed by atoms with Crippen LogP contribution in [0, 0.1) is 11.2 Å². The Balaban J connectivity index is 1.78. The summed E-state index contributed by atoms with van der Waals surface area (Å²) in [7, 11) is 0. The third kappa shape index (κ3) is 1.88. The topological polar surface area (TPSA) is 40.0 Å². The molecular formula is C17H12FN3. The van der Waals surface area contributed by atoms with E-state index in [0.29, 0.717) is 17.9 Å². The number of rotatable bonds is 1. The first-order valence-electron chi connectivity index (χ1n) is 6.72. The Hall–Kier alpha value is -2.75. The van der Waals surface area contributed by atoms with Gasteiger partial charge in [-0.05, 0) is 42.0 Å². The summed E-state index contributed by atoms with van der Waals surface area (Å²) in [4.78, 5) is 6.18. The molecular weight excluding hydrogens is 265 g/mol. The van der Waals surface area contributed by atoms with Gasteiger partial charge in [0.25, 0.3) is 0 Å². The predicted octanol–water partition coefficient (Wildman–Crippen LogP) is 3.72. The maximum Gasteiger partial charge on any atom is 0.133 e. The molecule has 0 saturated heterocycles. The molecule has 2 aromatic carbocycles. The van der Waals surface area contributed by atoms with Crippen LogP contribution in [-0.2, 0) is 6.54 Å². The summed E-state index contributed by atoms with van der Waals surface area (Å²) in [6.07, 6.45) is 1.76. The number of hydrogen-bond donors (Lipinski definition) is 1. The van der Waals surface area contributed by atoms with Crippen LogP contribution < -0.4 is 4.90 Å². The third-order valence-corrected chi connectivity index (χ3v) is 3.82. The van der Waals surface area contributed by atoms with Gasteiger partial charge in [-0.3, -0.25) is 10.4 Å². The molecule has 0 saturated carbocycles. The Labute approximate surface area is 121 Å². The number of pyridine rings is 1. The zero-order valence-electron chi connectivity index (χ0n) is 11.2. The van der Waals surface area contributed by atoms with Crippen LogP contribution in [0.3, 0.4) is 0 Å². The zero-order valence-corrected chi connectivity index (χ0v) is 11.2. The monoisotopic (exact) mass is 277 g/mol. The average Bonchev–Trinajstić information content (AvgIpc) is 2.84. The van der Waals surface area contributed by atoms with E-state index in [9.17, 15) is 4.39 Å². The molecule has 3 aromatic rings. The highest BCUT2D eigenvalue weighted by Crippen LogP contribution is 2.30. The number of anilines is 1. The molecule has 3 nitrogen and oxygen atoms in total. The summed E-state index contributed by atoms with van der Waals surface area (Å²) in [5, 5.41) is 9.31. The molecule has 0 radical (unpaired) electrons. The van der Waals surface area contributed by atoms with Gasteiger partial charge in [0, 0.05) is 22.8 Å². The first-order valence-corrected chi connectivity index (χ1v) is 6.72. The van der Waals surface area contributed by atoms with Gasteiger partial charge in [-0.15, -0.1) is 0 Å². The van der Waals surface area contributed by atoms with Gasteiger partial charge in [-0.2, -0.15) is 0 Å². The molecule has 1 aliphatic rings. The van der Waals surface area contributed by atoms with E-state index in [-0.39, 0.29) is 5.82 Å². The van der Waals surface area contributed by atoms with Gasteiger partial charge in [-0.1, -0.05) is 12.1 Å². The third-order valence-electron chi connectivity index (χ3n) is 3.82. The van der Waals surface area contributed by atoms with Gasteiger partial charge in [0.05, 0.1) is 12.1 Å². The molecule has 0 aliphatic carbocycles. The zero-order chi connectivity index (χ0) is 14.4. The number of fused-ring (bicyclic) bond motifs is 2. The number of hydrogen-bond acceptors (Lipinski definition) is 2. The minimum absolute atomic E-state index is 0.303. The fourth-order valence-corrected chi connectivity index (χ4v) is 2.75. The van der Waals surface area contributed by atoms with Gasteiger partial charge in [0.15, 0.2) is 0 Å². The summed E-state index contributed by atoms with van der Waals surface area (Å²) in [6, 6.07) is 14.4. The maximum atomic E-state index is 13.3. The Kier molecular flexibility index (Phi) is 2.51. The van der Waals surface area contributed by atoms with Crippen molar-refractivity contribution in [2.45, 2.75) is 6.54 Å². The standard InChI is InChI=1S/C17H12FN3/c18-13-4-3-12-10-21(17(19)15(12)9-13)14-5-6-16-11(8-14)2-1-7-20-16/h1-9,19H,10H2. The molecule has 0 unspecified atom stereocenters. The first kappa shape index (κ1) is 12.0. The molecule has 1 N–H and O–H groups in total. The second kappa shape index (κ2) is 4.38. The molecule has 0 fully saturated rings. The highest BCUT2D eigenvalue weighted by Gasteiger charge is 2.25. The van der Waals surface area contributed by atoms with Crippen LogP contribution in [0.25, 0.3) is 10.9 Å². The van der Waals surface area contributed by atoms with Crippen molar-refractivity contribution in [3.63, 3.8) is 0 Å².